The van der Waals surface area contributed by atoms with Crippen LogP contribution in [0, 0.1) is 0 Å². The first kappa shape index (κ1) is 18.0. The second-order valence-corrected chi connectivity index (χ2v) is 5.59. The second-order valence-electron chi connectivity index (χ2n) is 5.59. The standard InChI is InChI=1S/C18H27N5O/c1-4-8-16-22-17(24-23-16)15-10-7-9-14(12-15)13-21-18(19-6-3)20-11-5-2/h7,9-10,12H,4-6,8,11,13H2,1-3H3,(H2,19,20,21). The summed E-state index contributed by atoms with van der Waals surface area (Å²) in [6, 6.07) is 8.09. The van der Waals surface area contributed by atoms with E-state index in [-0.39, 0.29) is 0 Å². The van der Waals surface area contributed by atoms with Crippen LogP contribution in [-0.4, -0.2) is 29.2 Å². The summed E-state index contributed by atoms with van der Waals surface area (Å²) in [4.78, 5) is 9.06. The summed E-state index contributed by atoms with van der Waals surface area (Å²) in [5, 5.41) is 10.6. The molecule has 0 saturated heterocycles. The molecule has 0 aliphatic carbocycles. The summed E-state index contributed by atoms with van der Waals surface area (Å²) >= 11 is 0. The number of hydrogen-bond donors (Lipinski definition) is 2. The van der Waals surface area contributed by atoms with Crippen molar-refractivity contribution in [3.05, 3.63) is 35.7 Å². The van der Waals surface area contributed by atoms with Gasteiger partial charge in [0.1, 0.15) is 0 Å². The summed E-state index contributed by atoms with van der Waals surface area (Å²) < 4.78 is 5.35. The third-order valence-electron chi connectivity index (χ3n) is 3.42. The van der Waals surface area contributed by atoms with Crippen LogP contribution < -0.4 is 10.6 Å². The Hall–Kier alpha value is -2.37. The molecular formula is C18H27N5O. The van der Waals surface area contributed by atoms with E-state index in [1.807, 2.05) is 12.1 Å². The van der Waals surface area contributed by atoms with Crippen molar-refractivity contribution in [3.8, 4) is 11.5 Å². The van der Waals surface area contributed by atoms with Gasteiger partial charge in [0, 0.05) is 25.1 Å². The number of rotatable bonds is 8. The molecule has 0 radical (unpaired) electrons. The molecule has 2 rings (SSSR count). The van der Waals surface area contributed by atoms with Crippen molar-refractivity contribution < 1.29 is 4.52 Å². The van der Waals surface area contributed by atoms with Crippen molar-refractivity contribution in [2.75, 3.05) is 13.1 Å². The van der Waals surface area contributed by atoms with E-state index in [0.29, 0.717) is 12.4 Å². The molecule has 130 valence electrons. The van der Waals surface area contributed by atoms with E-state index < -0.39 is 0 Å². The predicted octanol–water partition coefficient (Wildman–Crippen LogP) is 3.15. The van der Waals surface area contributed by atoms with Crippen molar-refractivity contribution in [3.63, 3.8) is 0 Å². The lowest BCUT2D eigenvalue weighted by Gasteiger charge is -2.10. The molecule has 0 spiro atoms. The largest absolute Gasteiger partial charge is 0.357 e. The molecular weight excluding hydrogens is 302 g/mol. The van der Waals surface area contributed by atoms with E-state index in [1.54, 1.807) is 0 Å². The molecule has 24 heavy (non-hydrogen) atoms. The number of nitrogens with one attached hydrogen (secondary N) is 2. The number of hydrogen-bond acceptors (Lipinski definition) is 4. The fourth-order valence-electron chi connectivity index (χ4n) is 2.25. The Labute approximate surface area is 143 Å². The Kier molecular flexibility index (Phi) is 7.26. The summed E-state index contributed by atoms with van der Waals surface area (Å²) in [6.45, 7) is 8.66. The molecule has 0 aliphatic heterocycles. The van der Waals surface area contributed by atoms with Gasteiger partial charge in [0.25, 0.3) is 5.89 Å². The van der Waals surface area contributed by atoms with E-state index in [9.17, 15) is 0 Å². The summed E-state index contributed by atoms with van der Waals surface area (Å²) in [5.41, 5.74) is 2.04. The van der Waals surface area contributed by atoms with Gasteiger partial charge in [-0.15, -0.1) is 0 Å². The monoisotopic (exact) mass is 329 g/mol. The highest BCUT2D eigenvalue weighted by Gasteiger charge is 2.08. The highest BCUT2D eigenvalue weighted by molar-refractivity contribution is 5.79. The van der Waals surface area contributed by atoms with Crippen LogP contribution in [0.4, 0.5) is 0 Å². The van der Waals surface area contributed by atoms with Gasteiger partial charge in [0.05, 0.1) is 6.54 Å². The van der Waals surface area contributed by atoms with Gasteiger partial charge in [0.2, 0.25) is 0 Å². The van der Waals surface area contributed by atoms with Crippen molar-refractivity contribution in [2.24, 2.45) is 4.99 Å². The van der Waals surface area contributed by atoms with E-state index in [1.165, 1.54) is 0 Å². The van der Waals surface area contributed by atoms with Crippen LogP contribution in [0.1, 0.15) is 45.0 Å². The van der Waals surface area contributed by atoms with Crippen LogP contribution in [0.5, 0.6) is 0 Å². The normalized spacial score (nSPS) is 11.5. The minimum atomic E-state index is 0.570. The Morgan fingerprint density at radius 2 is 2.04 bits per heavy atom. The Morgan fingerprint density at radius 1 is 1.17 bits per heavy atom. The average molecular weight is 329 g/mol. The van der Waals surface area contributed by atoms with Gasteiger partial charge in [-0.1, -0.05) is 31.1 Å². The maximum atomic E-state index is 5.35. The fraction of sp³-hybridized carbons (Fsp3) is 0.500. The van der Waals surface area contributed by atoms with Crippen molar-refractivity contribution >= 4 is 5.96 Å². The van der Waals surface area contributed by atoms with E-state index in [4.69, 9.17) is 4.52 Å². The van der Waals surface area contributed by atoms with Gasteiger partial charge in [0.15, 0.2) is 11.8 Å². The number of benzene rings is 1. The lowest BCUT2D eigenvalue weighted by atomic mass is 10.1. The molecule has 0 amide bonds. The third-order valence-corrected chi connectivity index (χ3v) is 3.42. The van der Waals surface area contributed by atoms with Gasteiger partial charge in [-0.2, -0.15) is 4.98 Å². The van der Waals surface area contributed by atoms with E-state index in [0.717, 1.165) is 55.3 Å². The maximum Gasteiger partial charge on any atom is 0.257 e. The molecule has 0 unspecified atom stereocenters. The first-order valence-electron chi connectivity index (χ1n) is 8.70. The number of aromatic nitrogens is 2. The minimum absolute atomic E-state index is 0.570. The molecule has 0 aliphatic rings. The van der Waals surface area contributed by atoms with Gasteiger partial charge >= 0.3 is 0 Å². The summed E-state index contributed by atoms with van der Waals surface area (Å²) in [5.74, 6) is 2.17. The fourth-order valence-corrected chi connectivity index (χ4v) is 2.25. The number of guanidine groups is 1. The molecule has 2 aromatic rings. The molecule has 6 heteroatoms. The van der Waals surface area contributed by atoms with Crippen molar-refractivity contribution in [1.29, 1.82) is 0 Å². The third kappa shape index (κ3) is 5.37. The van der Waals surface area contributed by atoms with Crippen LogP contribution in [0.25, 0.3) is 11.5 Å². The van der Waals surface area contributed by atoms with Crippen molar-refractivity contribution in [1.82, 2.24) is 20.8 Å². The highest BCUT2D eigenvalue weighted by atomic mass is 16.5. The van der Waals surface area contributed by atoms with Crippen LogP contribution >= 0.6 is 0 Å². The van der Waals surface area contributed by atoms with Crippen LogP contribution in [0.3, 0.4) is 0 Å². The van der Waals surface area contributed by atoms with E-state index >= 15 is 0 Å². The van der Waals surface area contributed by atoms with Gasteiger partial charge in [-0.05, 0) is 37.5 Å². The Bertz CT molecular complexity index is 650. The van der Waals surface area contributed by atoms with Gasteiger partial charge < -0.3 is 15.2 Å². The molecule has 0 saturated carbocycles. The minimum Gasteiger partial charge on any atom is -0.357 e. The zero-order chi connectivity index (χ0) is 17.2. The number of aryl methyl sites for hydroxylation is 1. The lowest BCUT2D eigenvalue weighted by molar-refractivity contribution is 0.422. The molecule has 1 aromatic heterocycles. The van der Waals surface area contributed by atoms with Crippen LogP contribution in [0.2, 0.25) is 0 Å². The van der Waals surface area contributed by atoms with E-state index in [2.05, 4.69) is 58.7 Å². The first-order chi connectivity index (χ1) is 11.8. The van der Waals surface area contributed by atoms with Crippen LogP contribution in [-0.2, 0) is 13.0 Å². The molecule has 2 N–H and O–H groups in total. The Morgan fingerprint density at radius 3 is 2.79 bits per heavy atom. The maximum absolute atomic E-state index is 5.35. The second kappa shape index (κ2) is 9.70. The molecule has 0 bridgehead atoms. The highest BCUT2D eigenvalue weighted by Crippen LogP contribution is 2.19. The molecule has 0 fully saturated rings. The molecule has 1 heterocycles. The predicted molar refractivity (Wildman–Crippen MR) is 96.8 cm³/mol. The smallest absolute Gasteiger partial charge is 0.257 e. The SMILES string of the molecule is CCCNC(=NCc1cccc(-c2nc(CCC)no2)c1)NCC. The first-order valence-corrected chi connectivity index (χ1v) is 8.70. The summed E-state index contributed by atoms with van der Waals surface area (Å²) in [6.07, 6.45) is 2.91. The lowest BCUT2D eigenvalue weighted by Crippen LogP contribution is -2.37. The molecule has 0 atom stereocenters. The average Bonchev–Trinajstić information content (AvgIpc) is 3.07. The summed E-state index contributed by atoms with van der Waals surface area (Å²) in [7, 11) is 0. The van der Waals surface area contributed by atoms with Gasteiger partial charge in [-0.3, -0.25) is 0 Å². The van der Waals surface area contributed by atoms with Gasteiger partial charge in [-0.25, -0.2) is 4.99 Å². The molecule has 1 aromatic carbocycles. The zero-order valence-corrected chi connectivity index (χ0v) is 14.8. The quantitative estimate of drug-likeness (QED) is 0.575. The van der Waals surface area contributed by atoms with Crippen LogP contribution in [0.15, 0.2) is 33.8 Å². The zero-order valence-electron chi connectivity index (χ0n) is 14.8. The topological polar surface area (TPSA) is 75.3 Å². The van der Waals surface area contributed by atoms with Crippen molar-refractivity contribution in [2.45, 2.75) is 46.6 Å². The Balaban J connectivity index is 2.08. The number of nitrogens with zero attached hydrogens (tertiary/aromatic N) is 3. The molecule has 6 nitrogen and oxygen atoms in total. The number of aliphatic imine (C=N–C) groups is 1.